The first-order valence-electron chi connectivity index (χ1n) is 22.6. The predicted octanol–water partition coefficient (Wildman–Crippen LogP) is 10.3. The standard InChI is InChI=1S/C27H35N3O6.C22H27N3O3.CH4/c1-13-20(14(2)36-29-13)16-10-17(22(31)18-12-27(6,7)34-24(18)32)21-19(11-16)30(23(28-21)15-8-9-15)25(33)35-26(3,4)5;1-11-18(12(2)28-25-11)14-7-16(20(26)15-9-22(3,4)27-10-15)19-17(8-14)23-21(24-19)13-5-6-13;/h10-11,15,18,22,24,31-32H,8-9,12H2,1-7H3;7-8,13,15,20,26H,5-6,9-10H2,1-4H3,(H,23,24);1H4. The molecule has 10 rings (SSSR count). The molecule has 4 fully saturated rings. The molecule has 2 aliphatic heterocycles. The molecule has 0 amide bonds. The van der Waals surface area contributed by atoms with Gasteiger partial charge in [-0.1, -0.05) is 17.7 Å². The average Bonchev–Trinajstić information content (AvgIpc) is 4.00. The lowest BCUT2D eigenvalue weighted by Gasteiger charge is -2.22. The van der Waals surface area contributed by atoms with Crippen LogP contribution >= 0.6 is 0 Å². The fraction of sp³-hybridized carbons (Fsp3) is 0.580. The van der Waals surface area contributed by atoms with E-state index < -0.39 is 41.7 Å². The third-order valence-electron chi connectivity index (χ3n) is 13.0. The Hall–Kier alpha value is -4.93. The highest BCUT2D eigenvalue weighted by atomic mass is 16.6. The lowest BCUT2D eigenvalue weighted by molar-refractivity contribution is -0.147. The van der Waals surface area contributed by atoms with E-state index in [9.17, 15) is 20.1 Å². The number of aliphatic hydroxyl groups excluding tert-OH is 3. The number of aromatic amines is 1. The number of hydrogen-bond acceptors (Lipinski definition) is 13. The first-order chi connectivity index (χ1) is 30.1. The minimum absolute atomic E-state index is 0. The van der Waals surface area contributed by atoms with Crippen LogP contribution in [0.2, 0.25) is 0 Å². The van der Waals surface area contributed by atoms with Gasteiger partial charge in [0.1, 0.15) is 28.8 Å². The van der Waals surface area contributed by atoms with Crippen molar-refractivity contribution >= 4 is 28.2 Å². The van der Waals surface area contributed by atoms with Crippen molar-refractivity contribution in [3.8, 4) is 22.3 Å². The number of nitrogens with zero attached hydrogens (tertiary/aromatic N) is 5. The largest absolute Gasteiger partial charge is 0.443 e. The number of carbonyl (C=O) groups is 1. The van der Waals surface area contributed by atoms with Gasteiger partial charge in [-0.15, -0.1) is 0 Å². The number of aliphatic hydroxyl groups is 3. The topological polar surface area (TPSA) is 204 Å². The van der Waals surface area contributed by atoms with Gasteiger partial charge in [-0.25, -0.2) is 19.3 Å². The Morgan fingerprint density at radius 2 is 1.40 bits per heavy atom. The minimum Gasteiger partial charge on any atom is -0.443 e. The normalized spacial score (nSPS) is 22.5. The van der Waals surface area contributed by atoms with E-state index in [0.717, 1.165) is 75.4 Å². The van der Waals surface area contributed by atoms with Crippen LogP contribution in [0.3, 0.4) is 0 Å². The van der Waals surface area contributed by atoms with Crippen LogP contribution in [0, 0.1) is 39.5 Å². The molecule has 2 saturated carbocycles. The number of aromatic nitrogens is 6. The maximum Gasteiger partial charge on any atom is 0.420 e. The maximum atomic E-state index is 13.4. The number of carbonyl (C=O) groups excluding carboxylic acids is 1. The summed E-state index contributed by atoms with van der Waals surface area (Å²) < 4.78 is 29.7. The van der Waals surface area contributed by atoms with E-state index in [1.54, 1.807) is 4.57 Å². The van der Waals surface area contributed by atoms with E-state index in [2.05, 4.69) is 41.3 Å². The van der Waals surface area contributed by atoms with Crippen LogP contribution in [0.15, 0.2) is 33.3 Å². The number of imidazole rings is 2. The predicted molar refractivity (Wildman–Crippen MR) is 245 cm³/mol. The zero-order valence-corrected chi connectivity index (χ0v) is 38.8. The van der Waals surface area contributed by atoms with Gasteiger partial charge in [-0.2, -0.15) is 0 Å². The summed E-state index contributed by atoms with van der Waals surface area (Å²) in [6.07, 6.45) is 2.20. The molecule has 2 aromatic carbocycles. The van der Waals surface area contributed by atoms with Crippen molar-refractivity contribution in [3.63, 3.8) is 0 Å². The first-order valence-corrected chi connectivity index (χ1v) is 22.6. The highest BCUT2D eigenvalue weighted by Gasteiger charge is 2.45. The Morgan fingerprint density at radius 1 is 0.815 bits per heavy atom. The molecule has 5 atom stereocenters. The van der Waals surface area contributed by atoms with E-state index in [1.165, 1.54) is 12.8 Å². The van der Waals surface area contributed by atoms with Crippen LogP contribution in [-0.4, -0.2) is 80.9 Å². The Labute approximate surface area is 380 Å². The van der Waals surface area contributed by atoms with Crippen molar-refractivity contribution < 1.29 is 43.4 Å². The van der Waals surface area contributed by atoms with Crippen LogP contribution in [-0.2, 0) is 14.2 Å². The summed E-state index contributed by atoms with van der Waals surface area (Å²) >= 11 is 0. The number of ether oxygens (including phenoxy) is 3. The van der Waals surface area contributed by atoms with Crippen LogP contribution < -0.4 is 0 Å². The molecule has 0 radical (unpaired) electrons. The quantitative estimate of drug-likeness (QED) is 0.112. The maximum absolute atomic E-state index is 13.4. The summed E-state index contributed by atoms with van der Waals surface area (Å²) in [7, 11) is 0. The van der Waals surface area contributed by atoms with Crippen LogP contribution in [0.5, 0.6) is 0 Å². The van der Waals surface area contributed by atoms with Gasteiger partial charge >= 0.3 is 6.09 Å². The molecule has 5 unspecified atom stereocenters. The zero-order valence-electron chi connectivity index (χ0n) is 38.8. The third kappa shape index (κ3) is 9.14. The molecule has 65 heavy (non-hydrogen) atoms. The second kappa shape index (κ2) is 16.7. The second-order valence-corrected chi connectivity index (χ2v) is 20.8. The van der Waals surface area contributed by atoms with Gasteiger partial charge in [0.25, 0.3) is 0 Å². The molecule has 6 heterocycles. The fourth-order valence-corrected chi connectivity index (χ4v) is 9.75. The number of rotatable bonds is 8. The van der Waals surface area contributed by atoms with E-state index >= 15 is 0 Å². The zero-order chi connectivity index (χ0) is 45.8. The van der Waals surface area contributed by atoms with Gasteiger partial charge in [0.15, 0.2) is 6.29 Å². The van der Waals surface area contributed by atoms with Crippen LogP contribution in [0.4, 0.5) is 4.79 Å². The van der Waals surface area contributed by atoms with Crippen molar-refractivity contribution in [1.29, 1.82) is 0 Å². The number of benzene rings is 2. The Kier molecular flexibility index (Phi) is 12.0. The second-order valence-electron chi connectivity index (χ2n) is 20.8. The summed E-state index contributed by atoms with van der Waals surface area (Å²) in [6, 6.07) is 7.90. The van der Waals surface area contributed by atoms with Crippen molar-refractivity contribution in [2.75, 3.05) is 6.61 Å². The Morgan fingerprint density at radius 3 is 1.89 bits per heavy atom. The number of H-pyrrole nitrogens is 1. The molecular weight excluding hydrogens is 829 g/mol. The van der Waals surface area contributed by atoms with Crippen molar-refractivity contribution in [2.24, 2.45) is 11.8 Å². The van der Waals surface area contributed by atoms with E-state index in [1.807, 2.05) is 74.4 Å². The number of nitrogens with one attached hydrogen (secondary N) is 1. The Balaban J connectivity index is 0.000000180. The summed E-state index contributed by atoms with van der Waals surface area (Å²) in [4.78, 5) is 26.7. The summed E-state index contributed by atoms with van der Waals surface area (Å²) in [5.41, 5.74) is 7.90. The van der Waals surface area contributed by atoms with Crippen LogP contribution in [0.1, 0.15) is 164 Å². The summed E-state index contributed by atoms with van der Waals surface area (Å²) in [5.74, 6) is 3.24. The number of aryl methyl sites for hydroxylation is 4. The van der Waals surface area contributed by atoms with Gasteiger partial charge in [0.2, 0.25) is 0 Å². The van der Waals surface area contributed by atoms with Crippen molar-refractivity contribution in [3.05, 3.63) is 69.9 Å². The third-order valence-corrected chi connectivity index (χ3v) is 13.0. The molecule has 15 nitrogen and oxygen atoms in total. The monoisotopic (exact) mass is 894 g/mol. The van der Waals surface area contributed by atoms with Gasteiger partial charge < -0.3 is 43.6 Å². The molecule has 6 aromatic rings. The fourth-order valence-electron chi connectivity index (χ4n) is 9.75. The molecule has 15 heteroatoms. The molecule has 0 bridgehead atoms. The average molecular weight is 895 g/mol. The molecule has 4 aliphatic rings. The molecular formula is C50H66N6O9. The van der Waals surface area contributed by atoms with Crippen molar-refractivity contribution in [2.45, 2.75) is 169 Å². The van der Waals surface area contributed by atoms with Crippen molar-refractivity contribution in [1.82, 2.24) is 29.8 Å². The summed E-state index contributed by atoms with van der Waals surface area (Å²) in [6.45, 7) is 21.5. The van der Waals surface area contributed by atoms with Gasteiger partial charge in [-0.3, -0.25) is 0 Å². The molecule has 2 saturated heterocycles. The molecule has 4 aromatic heterocycles. The highest BCUT2D eigenvalue weighted by Crippen LogP contribution is 2.47. The van der Waals surface area contributed by atoms with Gasteiger partial charge in [0, 0.05) is 45.9 Å². The van der Waals surface area contributed by atoms with E-state index in [0.29, 0.717) is 52.8 Å². The molecule has 4 N–H and O–H groups in total. The molecule has 2 aliphatic carbocycles. The lowest BCUT2D eigenvalue weighted by Crippen LogP contribution is -2.28. The summed E-state index contributed by atoms with van der Waals surface area (Å²) in [5, 5.41) is 41.8. The van der Waals surface area contributed by atoms with E-state index in [4.69, 9.17) is 33.2 Å². The van der Waals surface area contributed by atoms with Crippen LogP contribution in [0.25, 0.3) is 44.3 Å². The van der Waals surface area contributed by atoms with Gasteiger partial charge in [0.05, 0.1) is 63.5 Å². The highest BCUT2D eigenvalue weighted by molar-refractivity contribution is 5.93. The number of hydrogen-bond donors (Lipinski definition) is 4. The first kappa shape index (κ1) is 46.6. The van der Waals surface area contributed by atoms with E-state index in [-0.39, 0.29) is 24.9 Å². The SMILES string of the molecule is C.Cc1noc(C)c1-c1cc(C(O)C2CC(C)(C)OC2O)c2nc(C3CC3)n(C(=O)OC(C)(C)C)c2c1.Cc1noc(C)c1-c1cc(C(O)C2COC(C)(C)C2)c2nc(C3CC3)[nH]c2c1. The molecule has 350 valence electrons. The lowest BCUT2D eigenvalue weighted by atomic mass is 9.87. The Bertz CT molecular complexity index is 2700. The minimum atomic E-state index is -1.12. The smallest absolute Gasteiger partial charge is 0.420 e. The number of fused-ring (bicyclic) bond motifs is 2. The molecule has 0 spiro atoms. The van der Waals surface area contributed by atoms with Gasteiger partial charge in [-0.05, 0) is 150 Å².